The number of rotatable bonds is 5. The number of hydrogen-bond acceptors (Lipinski definition) is 2. The number of pyridine rings is 1. The van der Waals surface area contributed by atoms with Gasteiger partial charge in [-0.25, -0.2) is 0 Å². The van der Waals surface area contributed by atoms with Crippen LogP contribution in [-0.4, -0.2) is 10.5 Å². The zero-order chi connectivity index (χ0) is 18.7. The fourth-order valence-electron chi connectivity index (χ4n) is 3.15. The number of carbonyl (C=O) groups excluding carboxylic acids is 1. The van der Waals surface area contributed by atoms with Crippen molar-refractivity contribution in [2.24, 2.45) is 0 Å². The van der Waals surface area contributed by atoms with Gasteiger partial charge in [-0.3, -0.25) is 9.59 Å². The number of benzene rings is 2. The Bertz CT molecular complexity index is 1000. The summed E-state index contributed by atoms with van der Waals surface area (Å²) in [4.78, 5) is 24.7. The van der Waals surface area contributed by atoms with Crippen molar-refractivity contribution in [2.45, 2.75) is 33.2 Å². The molecule has 1 heterocycles. The lowest BCUT2D eigenvalue weighted by Crippen LogP contribution is -2.21. The first-order valence-electron chi connectivity index (χ1n) is 8.72. The van der Waals surface area contributed by atoms with Crippen molar-refractivity contribution < 1.29 is 4.79 Å². The van der Waals surface area contributed by atoms with Crippen molar-refractivity contribution >= 4 is 34.1 Å². The summed E-state index contributed by atoms with van der Waals surface area (Å²) >= 11 is 6.07. The zero-order valence-electron chi connectivity index (χ0n) is 14.9. The van der Waals surface area contributed by atoms with E-state index in [-0.39, 0.29) is 17.9 Å². The number of fused-ring (bicyclic) bond motifs is 1. The Hall–Kier alpha value is -2.59. The lowest BCUT2D eigenvalue weighted by molar-refractivity contribution is -0.116. The minimum absolute atomic E-state index is 0.0853. The average molecular weight is 369 g/mol. The highest BCUT2D eigenvalue weighted by Crippen LogP contribution is 2.23. The largest absolute Gasteiger partial charge is 0.338 e. The van der Waals surface area contributed by atoms with Crippen LogP contribution >= 0.6 is 11.6 Å². The molecule has 0 aliphatic rings. The van der Waals surface area contributed by atoms with Crippen molar-refractivity contribution in [3.05, 3.63) is 75.0 Å². The van der Waals surface area contributed by atoms with Gasteiger partial charge in [0.1, 0.15) is 6.54 Å². The molecule has 4 nitrogen and oxygen atoms in total. The average Bonchev–Trinajstić information content (AvgIpc) is 2.64. The predicted octanol–water partition coefficient (Wildman–Crippen LogP) is 4.42. The molecule has 1 N–H and O–H groups in total. The summed E-state index contributed by atoms with van der Waals surface area (Å²) in [6, 6.07) is 12.6. The highest BCUT2D eigenvalue weighted by Gasteiger charge is 2.12. The van der Waals surface area contributed by atoms with Gasteiger partial charge in [-0.05, 0) is 42.2 Å². The summed E-state index contributed by atoms with van der Waals surface area (Å²) in [6.45, 7) is 4.25. The molecule has 3 aromatic rings. The number of halogens is 1. The number of anilines is 1. The maximum Gasteiger partial charge on any atom is 0.244 e. The van der Waals surface area contributed by atoms with E-state index >= 15 is 0 Å². The molecular formula is C21H21ClN2O2. The molecule has 0 spiro atoms. The van der Waals surface area contributed by atoms with Crippen LogP contribution in [0.4, 0.5) is 5.69 Å². The number of hydrogen-bond donors (Lipinski definition) is 1. The van der Waals surface area contributed by atoms with Gasteiger partial charge in [-0.2, -0.15) is 0 Å². The smallest absolute Gasteiger partial charge is 0.244 e. The number of nitrogens with zero attached hydrogens (tertiary/aromatic N) is 1. The number of aromatic nitrogens is 1. The molecule has 134 valence electrons. The van der Waals surface area contributed by atoms with Gasteiger partial charge in [0.2, 0.25) is 5.91 Å². The summed E-state index contributed by atoms with van der Waals surface area (Å²) < 4.78 is 1.75. The summed E-state index contributed by atoms with van der Waals surface area (Å²) in [5.41, 5.74) is 3.69. The Balaban J connectivity index is 1.93. The van der Waals surface area contributed by atoms with Crippen LogP contribution in [-0.2, 0) is 24.2 Å². The maximum absolute atomic E-state index is 12.7. The molecule has 0 unspecified atom stereocenters. The van der Waals surface area contributed by atoms with Crippen LogP contribution in [0.25, 0.3) is 10.9 Å². The quantitative estimate of drug-likeness (QED) is 0.724. The molecule has 0 saturated heterocycles. The van der Waals surface area contributed by atoms with Crippen molar-refractivity contribution in [1.82, 2.24) is 4.57 Å². The van der Waals surface area contributed by atoms with Crippen molar-refractivity contribution in [1.29, 1.82) is 0 Å². The molecule has 0 radical (unpaired) electrons. The Morgan fingerprint density at radius 3 is 2.42 bits per heavy atom. The minimum atomic E-state index is -0.134. The molecule has 1 aromatic heterocycles. The minimum Gasteiger partial charge on any atom is -0.338 e. The van der Waals surface area contributed by atoms with E-state index < -0.39 is 0 Å². The van der Waals surface area contributed by atoms with Gasteiger partial charge in [0, 0.05) is 28.4 Å². The second kappa shape index (κ2) is 7.75. The summed E-state index contributed by atoms with van der Waals surface area (Å²) in [5.74, 6) is -0.134. The molecular weight excluding hydrogens is 348 g/mol. The number of amides is 1. The Labute approximate surface area is 157 Å². The van der Waals surface area contributed by atoms with Crippen LogP contribution in [0.1, 0.15) is 25.0 Å². The van der Waals surface area contributed by atoms with Gasteiger partial charge in [0.25, 0.3) is 0 Å². The number of aryl methyl sites for hydroxylation is 2. The first kappa shape index (κ1) is 18.2. The topological polar surface area (TPSA) is 51.1 Å². The molecule has 0 aliphatic carbocycles. The molecule has 1 amide bonds. The molecule has 0 bridgehead atoms. The highest BCUT2D eigenvalue weighted by molar-refractivity contribution is 6.31. The number of nitrogens with one attached hydrogen (secondary N) is 1. The normalized spacial score (nSPS) is 10.9. The Kier molecular flexibility index (Phi) is 5.43. The first-order chi connectivity index (χ1) is 12.5. The molecule has 0 fully saturated rings. The summed E-state index contributed by atoms with van der Waals surface area (Å²) in [7, 11) is 0. The second-order valence-corrected chi connectivity index (χ2v) is 6.61. The molecule has 0 atom stereocenters. The summed E-state index contributed by atoms with van der Waals surface area (Å²) in [6.07, 6.45) is 3.33. The standard InChI is InChI=1S/C21H21ClN2O2/c1-3-14-6-5-7-15(4-2)21(14)23-20(26)13-24-11-10-19(25)17-9-8-16(22)12-18(17)24/h5-12H,3-4,13H2,1-2H3,(H,23,26). The van der Waals surface area contributed by atoms with Gasteiger partial charge in [-0.15, -0.1) is 0 Å². The third kappa shape index (κ3) is 3.65. The number of para-hydroxylation sites is 1. The molecule has 0 saturated carbocycles. The van der Waals surface area contributed by atoms with E-state index in [1.807, 2.05) is 18.2 Å². The van der Waals surface area contributed by atoms with E-state index in [1.165, 1.54) is 6.07 Å². The van der Waals surface area contributed by atoms with Crippen LogP contribution in [0.3, 0.4) is 0 Å². The highest BCUT2D eigenvalue weighted by atomic mass is 35.5. The molecule has 0 aliphatic heterocycles. The molecule has 5 heteroatoms. The van der Waals surface area contributed by atoms with Crippen LogP contribution in [0.2, 0.25) is 5.02 Å². The van der Waals surface area contributed by atoms with Gasteiger partial charge in [-0.1, -0.05) is 43.6 Å². The van der Waals surface area contributed by atoms with Crippen molar-refractivity contribution in [2.75, 3.05) is 5.32 Å². The first-order valence-corrected chi connectivity index (χ1v) is 9.10. The summed E-state index contributed by atoms with van der Waals surface area (Å²) in [5, 5.41) is 4.13. The fraction of sp³-hybridized carbons (Fsp3) is 0.238. The van der Waals surface area contributed by atoms with Gasteiger partial charge in [0.05, 0.1) is 5.52 Å². The molecule has 3 rings (SSSR count). The second-order valence-electron chi connectivity index (χ2n) is 6.18. The van der Waals surface area contributed by atoms with Gasteiger partial charge in [0.15, 0.2) is 5.43 Å². The van der Waals surface area contributed by atoms with E-state index in [2.05, 4.69) is 19.2 Å². The zero-order valence-corrected chi connectivity index (χ0v) is 15.6. The lowest BCUT2D eigenvalue weighted by atomic mass is 10.0. The predicted molar refractivity (Wildman–Crippen MR) is 107 cm³/mol. The lowest BCUT2D eigenvalue weighted by Gasteiger charge is -2.16. The molecule has 2 aromatic carbocycles. The number of carbonyl (C=O) groups is 1. The van der Waals surface area contributed by atoms with E-state index in [1.54, 1.807) is 29.0 Å². The third-order valence-electron chi connectivity index (χ3n) is 4.52. The van der Waals surface area contributed by atoms with E-state index in [0.29, 0.717) is 15.9 Å². The van der Waals surface area contributed by atoms with Crippen LogP contribution in [0.15, 0.2) is 53.5 Å². The van der Waals surface area contributed by atoms with Gasteiger partial charge < -0.3 is 9.88 Å². The van der Waals surface area contributed by atoms with E-state index in [0.717, 1.165) is 29.7 Å². The van der Waals surface area contributed by atoms with E-state index in [4.69, 9.17) is 11.6 Å². The van der Waals surface area contributed by atoms with Crippen LogP contribution in [0, 0.1) is 0 Å². The van der Waals surface area contributed by atoms with Crippen molar-refractivity contribution in [3.8, 4) is 0 Å². The van der Waals surface area contributed by atoms with Crippen LogP contribution in [0.5, 0.6) is 0 Å². The SMILES string of the molecule is CCc1cccc(CC)c1NC(=O)Cn1ccc(=O)c2ccc(Cl)cc21. The molecule has 26 heavy (non-hydrogen) atoms. The Morgan fingerprint density at radius 2 is 1.77 bits per heavy atom. The van der Waals surface area contributed by atoms with Gasteiger partial charge >= 0.3 is 0 Å². The third-order valence-corrected chi connectivity index (χ3v) is 4.75. The maximum atomic E-state index is 12.7. The van der Waals surface area contributed by atoms with E-state index in [9.17, 15) is 9.59 Å². The Morgan fingerprint density at radius 1 is 1.08 bits per heavy atom. The fourth-order valence-corrected chi connectivity index (χ4v) is 3.32. The monoisotopic (exact) mass is 368 g/mol. The van der Waals surface area contributed by atoms with Crippen molar-refractivity contribution in [3.63, 3.8) is 0 Å². The van der Waals surface area contributed by atoms with Crippen LogP contribution < -0.4 is 10.7 Å².